The molecular formula is C24H20F3N5. The molecule has 0 aliphatic carbocycles. The Morgan fingerprint density at radius 3 is 2.44 bits per heavy atom. The van der Waals surface area contributed by atoms with Crippen molar-refractivity contribution >= 4 is 22.1 Å². The van der Waals surface area contributed by atoms with E-state index in [9.17, 15) is 13.2 Å². The first-order chi connectivity index (χ1) is 15.5. The van der Waals surface area contributed by atoms with Crippen molar-refractivity contribution in [1.29, 1.82) is 0 Å². The van der Waals surface area contributed by atoms with Crippen LogP contribution in [0.1, 0.15) is 22.8 Å². The maximum Gasteiger partial charge on any atom is 0.416 e. The van der Waals surface area contributed by atoms with E-state index in [1.54, 1.807) is 6.07 Å². The van der Waals surface area contributed by atoms with Gasteiger partial charge in [-0.3, -0.25) is 0 Å². The van der Waals surface area contributed by atoms with Gasteiger partial charge in [-0.1, -0.05) is 42.5 Å². The second kappa shape index (κ2) is 8.12. The van der Waals surface area contributed by atoms with Crippen molar-refractivity contribution < 1.29 is 13.2 Å². The first kappa shape index (κ1) is 20.3. The van der Waals surface area contributed by atoms with Gasteiger partial charge in [0.15, 0.2) is 0 Å². The number of fused-ring (bicyclic) bond motifs is 2. The minimum atomic E-state index is -4.35. The van der Waals surface area contributed by atoms with Crippen LogP contribution in [-0.4, -0.2) is 19.5 Å². The van der Waals surface area contributed by atoms with Gasteiger partial charge in [-0.2, -0.15) is 13.2 Å². The molecule has 5 nitrogen and oxygen atoms in total. The van der Waals surface area contributed by atoms with Gasteiger partial charge in [0.1, 0.15) is 11.6 Å². The number of aromatic nitrogens is 4. The number of aromatic amines is 1. The van der Waals surface area contributed by atoms with E-state index in [-0.39, 0.29) is 0 Å². The van der Waals surface area contributed by atoms with E-state index in [2.05, 4.69) is 19.9 Å². The topological polar surface area (TPSA) is 58.5 Å². The molecule has 3 aromatic carbocycles. The summed E-state index contributed by atoms with van der Waals surface area (Å²) >= 11 is 0. The molecule has 0 aliphatic heterocycles. The molecule has 2 aromatic heterocycles. The van der Waals surface area contributed by atoms with Gasteiger partial charge in [0, 0.05) is 6.54 Å². The number of alkyl halides is 3. The molecule has 2 N–H and O–H groups in total. The average Bonchev–Trinajstić information content (AvgIpc) is 3.35. The monoisotopic (exact) mass is 435 g/mol. The van der Waals surface area contributed by atoms with Crippen molar-refractivity contribution in [3.05, 3.63) is 95.6 Å². The fourth-order valence-electron chi connectivity index (χ4n) is 3.84. The van der Waals surface area contributed by atoms with Crippen molar-refractivity contribution in [2.45, 2.75) is 25.8 Å². The van der Waals surface area contributed by atoms with E-state index >= 15 is 0 Å². The van der Waals surface area contributed by atoms with Gasteiger partial charge < -0.3 is 14.9 Å². The molecule has 0 saturated carbocycles. The smallest absolute Gasteiger partial charge is 0.340 e. The fourth-order valence-corrected chi connectivity index (χ4v) is 3.84. The van der Waals surface area contributed by atoms with Gasteiger partial charge in [0.2, 0.25) is 0 Å². The number of rotatable bonds is 6. The Hall–Kier alpha value is -3.65. The molecule has 8 heteroatoms. The molecule has 5 aromatic rings. The Morgan fingerprint density at radius 2 is 1.62 bits per heavy atom. The van der Waals surface area contributed by atoms with E-state index in [1.807, 2.05) is 48.5 Å². The van der Waals surface area contributed by atoms with E-state index in [0.29, 0.717) is 25.2 Å². The summed E-state index contributed by atoms with van der Waals surface area (Å²) in [7, 11) is 0. The maximum absolute atomic E-state index is 13.0. The summed E-state index contributed by atoms with van der Waals surface area (Å²) in [5, 5.41) is 3.23. The summed E-state index contributed by atoms with van der Waals surface area (Å²) in [6.07, 6.45) is -4.35. The second-order valence-electron chi connectivity index (χ2n) is 7.61. The molecule has 0 atom stereocenters. The average molecular weight is 435 g/mol. The van der Waals surface area contributed by atoms with E-state index in [1.165, 1.54) is 12.1 Å². The third kappa shape index (κ3) is 4.09. The van der Waals surface area contributed by atoms with Crippen molar-refractivity contribution in [1.82, 2.24) is 24.8 Å². The minimum absolute atomic E-state index is 0.303. The van der Waals surface area contributed by atoms with Gasteiger partial charge in [-0.25, -0.2) is 9.97 Å². The normalized spacial score (nSPS) is 12.1. The molecular weight excluding hydrogens is 415 g/mol. The van der Waals surface area contributed by atoms with Crippen LogP contribution in [0.3, 0.4) is 0 Å². The van der Waals surface area contributed by atoms with Crippen molar-refractivity contribution in [2.24, 2.45) is 0 Å². The van der Waals surface area contributed by atoms with Crippen LogP contribution >= 0.6 is 0 Å². The van der Waals surface area contributed by atoms with E-state index in [0.717, 1.165) is 39.8 Å². The number of halogens is 3. The molecule has 0 amide bonds. The number of hydrogen-bond donors (Lipinski definition) is 2. The number of nitrogens with one attached hydrogen (secondary N) is 2. The molecule has 32 heavy (non-hydrogen) atoms. The molecule has 0 aliphatic rings. The van der Waals surface area contributed by atoms with Crippen LogP contribution in [0.4, 0.5) is 13.2 Å². The van der Waals surface area contributed by atoms with Gasteiger partial charge in [-0.15, -0.1) is 0 Å². The molecule has 0 spiro atoms. The predicted molar refractivity (Wildman–Crippen MR) is 117 cm³/mol. The van der Waals surface area contributed by atoms with Crippen LogP contribution in [0.5, 0.6) is 0 Å². The molecule has 2 heterocycles. The highest BCUT2D eigenvalue weighted by Gasteiger charge is 2.30. The third-order valence-corrected chi connectivity index (χ3v) is 5.35. The molecule has 162 valence electrons. The number of nitrogens with zero attached hydrogens (tertiary/aromatic N) is 3. The van der Waals surface area contributed by atoms with Crippen molar-refractivity contribution in [2.75, 3.05) is 0 Å². The predicted octanol–water partition coefficient (Wildman–Crippen LogP) is 5.27. The minimum Gasteiger partial charge on any atom is -0.340 e. The van der Waals surface area contributed by atoms with Crippen molar-refractivity contribution in [3.8, 4) is 0 Å². The van der Waals surface area contributed by atoms with Crippen LogP contribution in [-0.2, 0) is 25.8 Å². The van der Waals surface area contributed by atoms with Crippen LogP contribution < -0.4 is 5.32 Å². The molecule has 0 bridgehead atoms. The van der Waals surface area contributed by atoms with Crippen LogP contribution in [0.2, 0.25) is 0 Å². The van der Waals surface area contributed by atoms with Gasteiger partial charge in [0.25, 0.3) is 0 Å². The lowest BCUT2D eigenvalue weighted by atomic mass is 10.1. The molecule has 0 unspecified atom stereocenters. The number of hydrogen-bond acceptors (Lipinski definition) is 3. The number of benzene rings is 3. The van der Waals surface area contributed by atoms with Crippen LogP contribution in [0.15, 0.2) is 72.8 Å². The highest BCUT2D eigenvalue weighted by Crippen LogP contribution is 2.29. The van der Waals surface area contributed by atoms with E-state index < -0.39 is 11.7 Å². The fraction of sp³-hybridized carbons (Fsp3) is 0.167. The lowest BCUT2D eigenvalue weighted by Crippen LogP contribution is -2.18. The Balaban J connectivity index is 1.38. The quantitative estimate of drug-likeness (QED) is 0.382. The zero-order chi connectivity index (χ0) is 22.1. The summed E-state index contributed by atoms with van der Waals surface area (Å²) in [5.41, 5.74) is 3.63. The van der Waals surface area contributed by atoms with Crippen LogP contribution in [0.25, 0.3) is 22.1 Å². The third-order valence-electron chi connectivity index (χ3n) is 5.35. The molecule has 0 radical (unpaired) electrons. The lowest BCUT2D eigenvalue weighted by Gasteiger charge is -2.11. The summed E-state index contributed by atoms with van der Waals surface area (Å²) in [5.74, 6) is 1.60. The zero-order valence-corrected chi connectivity index (χ0v) is 17.0. The first-order valence-electron chi connectivity index (χ1n) is 10.2. The maximum atomic E-state index is 13.0. The Bertz CT molecular complexity index is 1350. The summed E-state index contributed by atoms with van der Waals surface area (Å²) in [4.78, 5) is 12.7. The summed E-state index contributed by atoms with van der Waals surface area (Å²) in [6, 6.07) is 21.0. The standard InChI is InChI=1S/C24H20F3N5/c25-24(26,27)17-7-5-6-16(12-17)13-28-14-23-31-20-10-3-4-11-21(20)32(23)15-22-29-18-8-1-2-9-19(18)30-22/h1-12,28H,13-15H2,(H,29,30). The number of para-hydroxylation sites is 4. The molecule has 5 rings (SSSR count). The Kier molecular flexibility index (Phi) is 5.14. The summed E-state index contributed by atoms with van der Waals surface area (Å²) in [6.45, 7) is 1.22. The van der Waals surface area contributed by atoms with Gasteiger partial charge in [0.05, 0.1) is 40.7 Å². The van der Waals surface area contributed by atoms with Crippen molar-refractivity contribution in [3.63, 3.8) is 0 Å². The van der Waals surface area contributed by atoms with Gasteiger partial charge >= 0.3 is 6.18 Å². The molecule has 0 fully saturated rings. The van der Waals surface area contributed by atoms with E-state index in [4.69, 9.17) is 4.98 Å². The highest BCUT2D eigenvalue weighted by atomic mass is 19.4. The molecule has 0 saturated heterocycles. The SMILES string of the molecule is FC(F)(F)c1cccc(CNCc2nc3ccccc3n2Cc2nc3ccccc3[nH]2)c1. The summed E-state index contributed by atoms with van der Waals surface area (Å²) < 4.78 is 41.0. The largest absolute Gasteiger partial charge is 0.416 e. The van der Waals surface area contributed by atoms with Gasteiger partial charge in [-0.05, 0) is 35.9 Å². The lowest BCUT2D eigenvalue weighted by molar-refractivity contribution is -0.137. The first-order valence-corrected chi connectivity index (χ1v) is 10.2. The number of H-pyrrole nitrogens is 1. The Morgan fingerprint density at radius 1 is 0.844 bits per heavy atom. The highest BCUT2D eigenvalue weighted by molar-refractivity contribution is 5.77. The zero-order valence-electron chi connectivity index (χ0n) is 17.0. The number of imidazole rings is 2. The second-order valence-corrected chi connectivity index (χ2v) is 7.61. The Labute approximate surface area is 181 Å². The van der Waals surface area contributed by atoms with Crippen LogP contribution in [0, 0.1) is 0 Å².